The highest BCUT2D eigenvalue weighted by molar-refractivity contribution is 5.73. The lowest BCUT2D eigenvalue weighted by Gasteiger charge is -2.22. The van der Waals surface area contributed by atoms with Gasteiger partial charge in [-0.2, -0.15) is 0 Å². The summed E-state index contributed by atoms with van der Waals surface area (Å²) in [5.74, 6) is 0.938. The molecule has 2 aliphatic heterocycles. The minimum atomic E-state index is -0.0241. The first-order valence-corrected chi connectivity index (χ1v) is 6.22. The summed E-state index contributed by atoms with van der Waals surface area (Å²) in [6, 6.07) is 0. The maximum absolute atomic E-state index is 11.8. The Hall–Kier alpha value is -0.610. The van der Waals surface area contributed by atoms with Gasteiger partial charge in [-0.15, -0.1) is 0 Å². The molecule has 2 saturated heterocycles. The molecule has 0 bridgehead atoms. The molecule has 0 radical (unpaired) electrons. The Morgan fingerprint density at radius 1 is 1.38 bits per heavy atom. The highest BCUT2D eigenvalue weighted by Crippen LogP contribution is 2.19. The molecule has 0 saturated carbocycles. The number of carbonyl (C=O) groups is 1. The summed E-state index contributed by atoms with van der Waals surface area (Å²) < 4.78 is 10.7. The predicted octanol–water partition coefficient (Wildman–Crippen LogP) is 0.812. The predicted molar refractivity (Wildman–Crippen MR) is 60.0 cm³/mol. The zero-order valence-electron chi connectivity index (χ0n) is 9.91. The topological polar surface area (TPSA) is 47.6 Å². The quantitative estimate of drug-likeness (QED) is 0.725. The van der Waals surface area contributed by atoms with Gasteiger partial charge in [0.15, 0.2) is 0 Å². The van der Waals surface area contributed by atoms with Crippen molar-refractivity contribution in [1.29, 1.82) is 0 Å². The molecule has 0 aromatic rings. The molecular formula is C12H21NO3. The van der Waals surface area contributed by atoms with E-state index in [1.807, 2.05) is 0 Å². The summed E-state index contributed by atoms with van der Waals surface area (Å²) in [4.78, 5) is 11.8. The van der Waals surface area contributed by atoms with Crippen molar-refractivity contribution in [2.75, 3.05) is 32.9 Å². The van der Waals surface area contributed by atoms with Crippen LogP contribution in [0.1, 0.15) is 19.8 Å². The molecule has 4 heteroatoms. The highest BCUT2D eigenvalue weighted by Gasteiger charge is 2.31. The lowest BCUT2D eigenvalue weighted by molar-refractivity contribution is -0.151. The maximum Gasteiger partial charge on any atom is 0.310 e. The molecule has 0 aromatic carbocycles. The first-order valence-electron chi connectivity index (χ1n) is 6.22. The van der Waals surface area contributed by atoms with Gasteiger partial charge in [-0.25, -0.2) is 0 Å². The van der Waals surface area contributed by atoms with Crippen molar-refractivity contribution in [3.63, 3.8) is 0 Å². The van der Waals surface area contributed by atoms with Crippen LogP contribution in [0.3, 0.4) is 0 Å². The third kappa shape index (κ3) is 2.95. The number of hydrogen-bond acceptors (Lipinski definition) is 4. The van der Waals surface area contributed by atoms with Gasteiger partial charge < -0.3 is 14.8 Å². The van der Waals surface area contributed by atoms with Gasteiger partial charge in [0.2, 0.25) is 0 Å². The van der Waals surface area contributed by atoms with Gasteiger partial charge in [0, 0.05) is 19.8 Å². The number of ether oxygens (including phenoxy) is 2. The normalized spacial score (nSPS) is 31.6. The van der Waals surface area contributed by atoms with E-state index in [0.29, 0.717) is 18.4 Å². The summed E-state index contributed by atoms with van der Waals surface area (Å²) in [7, 11) is 0. The van der Waals surface area contributed by atoms with E-state index in [1.54, 1.807) is 0 Å². The van der Waals surface area contributed by atoms with Crippen molar-refractivity contribution < 1.29 is 14.3 Å². The lowest BCUT2D eigenvalue weighted by atomic mass is 9.98. The van der Waals surface area contributed by atoms with E-state index in [4.69, 9.17) is 9.47 Å². The van der Waals surface area contributed by atoms with Crippen LogP contribution < -0.4 is 5.32 Å². The first-order chi connectivity index (χ1) is 7.77. The van der Waals surface area contributed by atoms with Crippen molar-refractivity contribution in [3.05, 3.63) is 0 Å². The molecule has 0 amide bonds. The average Bonchev–Trinajstić information content (AvgIpc) is 2.74. The van der Waals surface area contributed by atoms with E-state index in [2.05, 4.69) is 12.2 Å². The molecule has 2 heterocycles. The summed E-state index contributed by atoms with van der Waals surface area (Å²) in [6.45, 7) is 5.99. The van der Waals surface area contributed by atoms with E-state index in [0.717, 1.165) is 39.1 Å². The second kappa shape index (κ2) is 5.64. The molecule has 0 unspecified atom stereocenters. The molecule has 2 aliphatic rings. The number of rotatable bonds is 3. The Kier molecular flexibility index (Phi) is 4.18. The Balaban J connectivity index is 1.70. The molecule has 2 rings (SSSR count). The highest BCUT2D eigenvalue weighted by atomic mass is 16.5. The Morgan fingerprint density at radius 2 is 2.12 bits per heavy atom. The van der Waals surface area contributed by atoms with Crippen LogP contribution in [0.25, 0.3) is 0 Å². The average molecular weight is 227 g/mol. The Labute approximate surface area is 96.7 Å². The minimum Gasteiger partial charge on any atom is -0.465 e. The zero-order valence-corrected chi connectivity index (χ0v) is 9.91. The second-order valence-corrected chi connectivity index (χ2v) is 4.93. The lowest BCUT2D eigenvalue weighted by Crippen LogP contribution is -2.27. The van der Waals surface area contributed by atoms with Crippen molar-refractivity contribution in [1.82, 2.24) is 5.32 Å². The molecule has 0 aliphatic carbocycles. The summed E-state index contributed by atoms with van der Waals surface area (Å²) in [6.07, 6.45) is 2.04. The molecule has 1 N–H and O–H groups in total. The van der Waals surface area contributed by atoms with Gasteiger partial charge in [0.1, 0.15) is 0 Å². The molecule has 16 heavy (non-hydrogen) atoms. The Morgan fingerprint density at radius 3 is 2.75 bits per heavy atom. The summed E-state index contributed by atoms with van der Waals surface area (Å²) in [5.41, 5.74) is 0. The fourth-order valence-corrected chi connectivity index (χ4v) is 2.35. The first kappa shape index (κ1) is 11.9. The molecule has 0 aromatic heterocycles. The molecule has 4 nitrogen and oxygen atoms in total. The molecule has 2 atom stereocenters. The number of carbonyl (C=O) groups excluding carboxylic acids is 1. The minimum absolute atomic E-state index is 0.0241. The van der Waals surface area contributed by atoms with E-state index in [1.165, 1.54) is 0 Å². The number of esters is 1. The van der Waals surface area contributed by atoms with Crippen LogP contribution in [0.15, 0.2) is 0 Å². The number of hydrogen-bond donors (Lipinski definition) is 1. The third-order valence-electron chi connectivity index (χ3n) is 3.62. The van der Waals surface area contributed by atoms with Gasteiger partial charge in [-0.05, 0) is 31.2 Å². The second-order valence-electron chi connectivity index (χ2n) is 4.93. The van der Waals surface area contributed by atoms with Crippen LogP contribution in [-0.4, -0.2) is 38.9 Å². The van der Waals surface area contributed by atoms with Gasteiger partial charge in [-0.3, -0.25) is 4.79 Å². The van der Waals surface area contributed by atoms with Crippen LogP contribution in [0.4, 0.5) is 0 Å². The van der Waals surface area contributed by atoms with E-state index < -0.39 is 0 Å². The number of nitrogens with one attached hydrogen (secondary N) is 1. The van der Waals surface area contributed by atoms with Crippen LogP contribution in [0, 0.1) is 17.8 Å². The van der Waals surface area contributed by atoms with Gasteiger partial charge in [0.25, 0.3) is 0 Å². The molecule has 0 spiro atoms. The maximum atomic E-state index is 11.8. The van der Waals surface area contributed by atoms with Crippen molar-refractivity contribution in [2.45, 2.75) is 19.8 Å². The van der Waals surface area contributed by atoms with Crippen LogP contribution in [0.2, 0.25) is 0 Å². The third-order valence-corrected chi connectivity index (χ3v) is 3.62. The van der Waals surface area contributed by atoms with Crippen molar-refractivity contribution in [2.24, 2.45) is 17.8 Å². The van der Waals surface area contributed by atoms with Crippen LogP contribution in [-0.2, 0) is 14.3 Å². The molecule has 92 valence electrons. The van der Waals surface area contributed by atoms with Gasteiger partial charge in [-0.1, -0.05) is 6.92 Å². The Bertz CT molecular complexity index is 238. The van der Waals surface area contributed by atoms with E-state index >= 15 is 0 Å². The van der Waals surface area contributed by atoms with Crippen LogP contribution >= 0.6 is 0 Å². The summed E-state index contributed by atoms with van der Waals surface area (Å²) in [5, 5.41) is 3.22. The smallest absolute Gasteiger partial charge is 0.310 e. The van der Waals surface area contributed by atoms with E-state index in [9.17, 15) is 4.79 Å². The SMILES string of the molecule is C[C@@H]1CNC[C@H]1C(=O)OCC1CCOCC1. The van der Waals surface area contributed by atoms with Crippen LogP contribution in [0.5, 0.6) is 0 Å². The fraction of sp³-hybridized carbons (Fsp3) is 0.917. The standard InChI is InChI=1S/C12H21NO3/c1-9-6-13-7-11(9)12(14)16-8-10-2-4-15-5-3-10/h9-11,13H,2-8H2,1H3/t9-,11-/m1/s1. The van der Waals surface area contributed by atoms with Gasteiger partial charge in [0.05, 0.1) is 12.5 Å². The summed E-state index contributed by atoms with van der Waals surface area (Å²) >= 11 is 0. The largest absolute Gasteiger partial charge is 0.465 e. The van der Waals surface area contributed by atoms with Crippen molar-refractivity contribution >= 4 is 5.97 Å². The molecule has 2 fully saturated rings. The van der Waals surface area contributed by atoms with Crippen molar-refractivity contribution in [3.8, 4) is 0 Å². The van der Waals surface area contributed by atoms with E-state index in [-0.39, 0.29) is 11.9 Å². The van der Waals surface area contributed by atoms with Gasteiger partial charge >= 0.3 is 5.97 Å². The zero-order chi connectivity index (χ0) is 11.4. The fourth-order valence-electron chi connectivity index (χ4n) is 2.35. The monoisotopic (exact) mass is 227 g/mol. The molecular weight excluding hydrogens is 206 g/mol.